The quantitative estimate of drug-likeness (QED) is 0.916. The summed E-state index contributed by atoms with van der Waals surface area (Å²) in [4.78, 5) is 0. The molecule has 0 aliphatic heterocycles. The molecule has 2 aromatic rings. The van der Waals surface area contributed by atoms with E-state index in [1.54, 1.807) is 11.3 Å². The van der Waals surface area contributed by atoms with Crippen LogP contribution in [0.25, 0.3) is 0 Å². The van der Waals surface area contributed by atoms with Crippen LogP contribution in [0.5, 0.6) is 0 Å². The third-order valence-electron chi connectivity index (χ3n) is 3.03. The van der Waals surface area contributed by atoms with Gasteiger partial charge in [-0.3, -0.25) is 0 Å². The van der Waals surface area contributed by atoms with Crippen LogP contribution >= 0.6 is 11.3 Å². The van der Waals surface area contributed by atoms with Gasteiger partial charge in [-0.25, -0.2) is 0 Å². The van der Waals surface area contributed by atoms with Crippen molar-refractivity contribution in [3.63, 3.8) is 0 Å². The van der Waals surface area contributed by atoms with Gasteiger partial charge in [-0.2, -0.15) is 0 Å². The monoisotopic (exact) mass is 275 g/mol. The first-order valence-corrected chi connectivity index (χ1v) is 7.46. The summed E-state index contributed by atoms with van der Waals surface area (Å²) in [5.41, 5.74) is 2.84. The molecular weight excluding hydrogens is 254 g/mol. The van der Waals surface area contributed by atoms with Gasteiger partial charge in [-0.1, -0.05) is 63.3 Å². The lowest BCUT2D eigenvalue weighted by molar-refractivity contribution is 0.590. The summed E-state index contributed by atoms with van der Waals surface area (Å²) in [6, 6.07) is 8.76. The van der Waals surface area contributed by atoms with E-state index in [-0.39, 0.29) is 5.41 Å². The van der Waals surface area contributed by atoms with Crippen molar-refractivity contribution in [3.8, 4) is 0 Å². The molecular formula is C15H21N3S. The van der Waals surface area contributed by atoms with E-state index in [4.69, 9.17) is 0 Å². The first-order valence-electron chi connectivity index (χ1n) is 6.64. The van der Waals surface area contributed by atoms with Crippen molar-refractivity contribution in [2.45, 2.75) is 46.1 Å². The number of anilines is 1. The normalized spacial score (nSPS) is 11.6. The number of aryl methyl sites for hydroxylation is 1. The summed E-state index contributed by atoms with van der Waals surface area (Å²) in [7, 11) is 0. The molecule has 0 aliphatic rings. The van der Waals surface area contributed by atoms with Crippen LogP contribution in [0.3, 0.4) is 0 Å². The van der Waals surface area contributed by atoms with E-state index >= 15 is 0 Å². The Morgan fingerprint density at radius 3 is 2.32 bits per heavy atom. The summed E-state index contributed by atoms with van der Waals surface area (Å²) in [6.07, 6.45) is 0.944. The largest absolute Gasteiger partial charge is 0.356 e. The Balaban J connectivity index is 1.96. The summed E-state index contributed by atoms with van der Waals surface area (Å²) >= 11 is 1.63. The van der Waals surface area contributed by atoms with Crippen molar-refractivity contribution in [2.75, 3.05) is 5.32 Å². The maximum Gasteiger partial charge on any atom is 0.205 e. The van der Waals surface area contributed by atoms with E-state index in [0.717, 1.165) is 23.1 Å². The van der Waals surface area contributed by atoms with E-state index in [1.165, 1.54) is 11.1 Å². The zero-order valence-electron chi connectivity index (χ0n) is 12.0. The highest BCUT2D eigenvalue weighted by Gasteiger charge is 2.12. The second-order valence-electron chi connectivity index (χ2n) is 5.65. The Morgan fingerprint density at radius 1 is 1.11 bits per heavy atom. The van der Waals surface area contributed by atoms with Crippen LogP contribution in [-0.4, -0.2) is 10.2 Å². The fraction of sp³-hybridized carbons (Fsp3) is 0.467. The third kappa shape index (κ3) is 3.77. The van der Waals surface area contributed by atoms with Crippen LogP contribution in [0.1, 0.15) is 43.8 Å². The predicted molar refractivity (Wildman–Crippen MR) is 81.8 cm³/mol. The molecule has 0 aliphatic carbocycles. The van der Waals surface area contributed by atoms with Crippen molar-refractivity contribution in [2.24, 2.45) is 0 Å². The van der Waals surface area contributed by atoms with Gasteiger partial charge >= 0.3 is 0 Å². The molecule has 1 N–H and O–H groups in total. The Bertz CT molecular complexity index is 523. The standard InChI is InChI=1S/C15H21N3S/c1-5-13-17-18-14(19-13)16-10-11-6-8-12(9-7-11)15(2,3)4/h6-9H,5,10H2,1-4H3,(H,16,18). The molecule has 0 unspecified atom stereocenters. The molecule has 0 atom stereocenters. The van der Waals surface area contributed by atoms with Crippen molar-refractivity contribution in [1.82, 2.24) is 10.2 Å². The minimum atomic E-state index is 0.210. The van der Waals surface area contributed by atoms with E-state index < -0.39 is 0 Å². The van der Waals surface area contributed by atoms with Gasteiger partial charge in [-0.05, 0) is 23.0 Å². The fourth-order valence-corrected chi connectivity index (χ4v) is 2.44. The minimum absolute atomic E-state index is 0.210. The highest BCUT2D eigenvalue weighted by atomic mass is 32.1. The van der Waals surface area contributed by atoms with E-state index in [1.807, 2.05) is 0 Å². The summed E-state index contributed by atoms with van der Waals surface area (Å²) in [5.74, 6) is 0. The molecule has 102 valence electrons. The Hall–Kier alpha value is -1.42. The van der Waals surface area contributed by atoms with E-state index in [9.17, 15) is 0 Å². The van der Waals surface area contributed by atoms with E-state index in [0.29, 0.717) is 0 Å². The van der Waals surface area contributed by atoms with Crippen molar-refractivity contribution in [3.05, 3.63) is 40.4 Å². The van der Waals surface area contributed by atoms with Crippen LogP contribution in [0, 0.1) is 0 Å². The van der Waals surface area contributed by atoms with Crippen LogP contribution < -0.4 is 5.32 Å². The van der Waals surface area contributed by atoms with Crippen molar-refractivity contribution < 1.29 is 0 Å². The lowest BCUT2D eigenvalue weighted by Crippen LogP contribution is -2.11. The van der Waals surface area contributed by atoms with Gasteiger partial charge in [0.25, 0.3) is 0 Å². The summed E-state index contributed by atoms with van der Waals surface area (Å²) in [6.45, 7) is 9.58. The van der Waals surface area contributed by atoms with Gasteiger partial charge in [0, 0.05) is 6.54 Å². The van der Waals surface area contributed by atoms with Crippen LogP contribution in [0.4, 0.5) is 5.13 Å². The van der Waals surface area contributed by atoms with Gasteiger partial charge in [0.05, 0.1) is 0 Å². The first-order chi connectivity index (χ1) is 8.99. The maximum atomic E-state index is 4.12. The average Bonchev–Trinajstić information content (AvgIpc) is 2.84. The van der Waals surface area contributed by atoms with Gasteiger partial charge in [0.15, 0.2) is 0 Å². The average molecular weight is 275 g/mol. The smallest absolute Gasteiger partial charge is 0.205 e. The predicted octanol–water partition coefficient (Wildman–Crippen LogP) is 4.01. The number of nitrogens with one attached hydrogen (secondary N) is 1. The summed E-state index contributed by atoms with van der Waals surface area (Å²) in [5, 5.41) is 13.5. The first kappa shape index (κ1) is 14.0. The molecule has 0 bridgehead atoms. The number of benzene rings is 1. The van der Waals surface area contributed by atoms with Crippen molar-refractivity contribution >= 4 is 16.5 Å². The molecule has 0 radical (unpaired) electrons. The van der Waals surface area contributed by atoms with Crippen molar-refractivity contribution in [1.29, 1.82) is 0 Å². The molecule has 0 spiro atoms. The van der Waals surface area contributed by atoms with Crippen LogP contribution in [-0.2, 0) is 18.4 Å². The molecule has 1 heterocycles. The molecule has 19 heavy (non-hydrogen) atoms. The molecule has 1 aromatic carbocycles. The van der Waals surface area contributed by atoms with Crippen LogP contribution in [0.2, 0.25) is 0 Å². The molecule has 3 nitrogen and oxygen atoms in total. The van der Waals surface area contributed by atoms with E-state index in [2.05, 4.69) is 67.5 Å². The minimum Gasteiger partial charge on any atom is -0.356 e. The Morgan fingerprint density at radius 2 is 1.79 bits per heavy atom. The SMILES string of the molecule is CCc1nnc(NCc2ccc(C(C)(C)C)cc2)s1. The highest BCUT2D eigenvalue weighted by Crippen LogP contribution is 2.22. The number of nitrogens with zero attached hydrogens (tertiary/aromatic N) is 2. The number of rotatable bonds is 4. The second-order valence-corrected chi connectivity index (χ2v) is 6.72. The Labute approximate surface area is 119 Å². The van der Waals surface area contributed by atoms with Gasteiger partial charge < -0.3 is 5.32 Å². The topological polar surface area (TPSA) is 37.8 Å². The van der Waals surface area contributed by atoms with Gasteiger partial charge in [-0.15, -0.1) is 10.2 Å². The van der Waals surface area contributed by atoms with Gasteiger partial charge in [0.1, 0.15) is 5.01 Å². The van der Waals surface area contributed by atoms with Gasteiger partial charge in [0.2, 0.25) is 5.13 Å². The molecule has 4 heteroatoms. The highest BCUT2D eigenvalue weighted by molar-refractivity contribution is 7.15. The third-order valence-corrected chi connectivity index (χ3v) is 4.06. The zero-order valence-corrected chi connectivity index (χ0v) is 12.8. The lowest BCUT2D eigenvalue weighted by atomic mass is 9.87. The lowest BCUT2D eigenvalue weighted by Gasteiger charge is -2.19. The number of aromatic nitrogens is 2. The number of hydrogen-bond donors (Lipinski definition) is 1. The molecule has 1 aromatic heterocycles. The Kier molecular flexibility index (Phi) is 4.20. The molecule has 0 fully saturated rings. The maximum absolute atomic E-state index is 4.12. The number of hydrogen-bond acceptors (Lipinski definition) is 4. The summed E-state index contributed by atoms with van der Waals surface area (Å²) < 4.78 is 0. The van der Waals surface area contributed by atoms with Crippen LogP contribution in [0.15, 0.2) is 24.3 Å². The molecule has 0 saturated carbocycles. The molecule has 2 rings (SSSR count). The molecule has 0 saturated heterocycles. The zero-order chi connectivity index (χ0) is 13.9. The fourth-order valence-electron chi connectivity index (χ4n) is 1.77. The molecule has 0 amide bonds. The second kappa shape index (κ2) is 5.70.